The average molecular weight is 439 g/mol. The fraction of sp³-hybridized carbons (Fsp3) is 0.136. The summed E-state index contributed by atoms with van der Waals surface area (Å²) in [6.07, 6.45) is 6.22. The maximum absolute atomic E-state index is 12.4. The fourth-order valence-corrected chi connectivity index (χ4v) is 3.80. The summed E-state index contributed by atoms with van der Waals surface area (Å²) in [5.41, 5.74) is 2.22. The Morgan fingerprint density at radius 3 is 2.45 bits per heavy atom. The van der Waals surface area contributed by atoms with E-state index in [-0.39, 0.29) is 23.6 Å². The van der Waals surface area contributed by atoms with Crippen LogP contribution in [0.4, 0.5) is 0 Å². The molecule has 3 rings (SSSR count). The van der Waals surface area contributed by atoms with Crippen molar-refractivity contribution in [3.8, 4) is 0 Å². The summed E-state index contributed by atoms with van der Waals surface area (Å²) >= 11 is 0. The van der Waals surface area contributed by atoms with E-state index >= 15 is 0 Å². The number of carboxylic acid groups (broad SMARTS) is 1. The number of aromatic nitrogens is 2. The number of hydrogen-bond acceptors (Lipinski definition) is 5. The molecule has 0 atom stereocenters. The number of rotatable bonds is 10. The van der Waals surface area contributed by atoms with E-state index in [2.05, 4.69) is 9.82 Å². The maximum Gasteiger partial charge on any atom is 0.304 e. The number of aliphatic carboxylic acids is 1. The van der Waals surface area contributed by atoms with Crippen molar-refractivity contribution in [1.82, 2.24) is 14.5 Å². The molecule has 160 valence electrons. The number of hydrogen-bond donors (Lipinski definition) is 2. The predicted molar refractivity (Wildman–Crippen MR) is 115 cm³/mol. The van der Waals surface area contributed by atoms with E-state index in [1.165, 1.54) is 30.3 Å². The fourth-order valence-electron chi connectivity index (χ4n) is 2.76. The van der Waals surface area contributed by atoms with E-state index in [4.69, 9.17) is 5.11 Å². The Bertz CT molecular complexity index is 1180. The van der Waals surface area contributed by atoms with E-state index in [0.29, 0.717) is 12.1 Å². The highest BCUT2D eigenvalue weighted by Crippen LogP contribution is 2.12. The van der Waals surface area contributed by atoms with Gasteiger partial charge in [-0.3, -0.25) is 14.3 Å². The van der Waals surface area contributed by atoms with Crippen molar-refractivity contribution in [3.63, 3.8) is 0 Å². The van der Waals surface area contributed by atoms with E-state index in [0.717, 1.165) is 11.1 Å². The second-order valence-electron chi connectivity index (χ2n) is 6.72. The summed E-state index contributed by atoms with van der Waals surface area (Å²) in [4.78, 5) is 22.8. The number of sulfonamides is 1. The van der Waals surface area contributed by atoms with Gasteiger partial charge in [-0.2, -0.15) is 5.10 Å². The molecule has 2 aromatic carbocycles. The molecule has 0 saturated carbocycles. The number of ketones is 1. The number of allylic oxidation sites excluding steroid dienone is 1. The second kappa shape index (κ2) is 9.96. The summed E-state index contributed by atoms with van der Waals surface area (Å²) in [6, 6.07) is 15.3. The predicted octanol–water partition coefficient (Wildman–Crippen LogP) is 2.58. The molecule has 2 N–H and O–H groups in total. The summed E-state index contributed by atoms with van der Waals surface area (Å²) in [6.45, 7) is 0.415. The molecule has 8 nitrogen and oxygen atoms in total. The Morgan fingerprint density at radius 2 is 1.77 bits per heavy atom. The lowest BCUT2D eigenvalue weighted by Crippen LogP contribution is -2.26. The Labute approximate surface area is 179 Å². The zero-order valence-corrected chi connectivity index (χ0v) is 17.3. The van der Waals surface area contributed by atoms with Gasteiger partial charge in [0, 0.05) is 23.9 Å². The molecule has 0 unspecified atom stereocenters. The van der Waals surface area contributed by atoms with Crippen molar-refractivity contribution < 1.29 is 23.1 Å². The lowest BCUT2D eigenvalue weighted by molar-refractivity contribution is -0.136. The molecule has 3 aromatic rings. The molecule has 0 fully saturated rings. The molecule has 31 heavy (non-hydrogen) atoms. The van der Waals surface area contributed by atoms with Gasteiger partial charge < -0.3 is 5.11 Å². The number of carboxylic acids is 1. The quantitative estimate of drug-likeness (QED) is 0.370. The highest BCUT2D eigenvalue weighted by molar-refractivity contribution is 7.89. The number of benzene rings is 2. The third kappa shape index (κ3) is 6.46. The average Bonchev–Trinajstić information content (AvgIpc) is 3.19. The molecule has 0 bridgehead atoms. The van der Waals surface area contributed by atoms with Crippen molar-refractivity contribution in [3.05, 3.63) is 89.8 Å². The number of nitrogens with zero attached hydrogens (tertiary/aromatic N) is 2. The minimum atomic E-state index is -3.83. The lowest BCUT2D eigenvalue weighted by Gasteiger charge is -2.06. The van der Waals surface area contributed by atoms with Gasteiger partial charge in [0.25, 0.3) is 0 Å². The molecule has 1 heterocycles. The first kappa shape index (κ1) is 22.1. The van der Waals surface area contributed by atoms with Crippen molar-refractivity contribution in [2.24, 2.45) is 0 Å². The van der Waals surface area contributed by atoms with E-state index < -0.39 is 16.0 Å². The van der Waals surface area contributed by atoms with Gasteiger partial charge in [0.1, 0.15) is 0 Å². The topological polar surface area (TPSA) is 118 Å². The van der Waals surface area contributed by atoms with Crippen LogP contribution in [-0.4, -0.2) is 41.6 Å². The van der Waals surface area contributed by atoms with Crippen molar-refractivity contribution in [2.75, 3.05) is 6.54 Å². The Kier molecular flexibility index (Phi) is 7.11. The van der Waals surface area contributed by atoms with Gasteiger partial charge in [-0.25, -0.2) is 13.1 Å². The van der Waals surface area contributed by atoms with E-state index in [1.54, 1.807) is 17.0 Å². The zero-order chi connectivity index (χ0) is 22.3. The number of carbonyl (C=O) groups excluding carboxylic acids is 1. The highest BCUT2D eigenvalue weighted by atomic mass is 32.2. The summed E-state index contributed by atoms with van der Waals surface area (Å²) in [5, 5.41) is 12.9. The third-order valence-electron chi connectivity index (χ3n) is 4.35. The summed E-state index contributed by atoms with van der Waals surface area (Å²) in [5.74, 6) is -1.38. The van der Waals surface area contributed by atoms with Gasteiger partial charge in [-0.1, -0.05) is 30.3 Å². The maximum atomic E-state index is 12.4. The van der Waals surface area contributed by atoms with Crippen LogP contribution in [0.5, 0.6) is 0 Å². The Balaban J connectivity index is 1.60. The van der Waals surface area contributed by atoms with Gasteiger partial charge in [0.15, 0.2) is 5.78 Å². The lowest BCUT2D eigenvalue weighted by atomic mass is 10.1. The molecule has 9 heteroatoms. The van der Waals surface area contributed by atoms with Crippen molar-refractivity contribution in [1.29, 1.82) is 0 Å². The Morgan fingerprint density at radius 1 is 1.06 bits per heavy atom. The van der Waals surface area contributed by atoms with Crippen LogP contribution in [0.15, 0.2) is 78.0 Å². The van der Waals surface area contributed by atoms with Crippen LogP contribution in [0.25, 0.3) is 6.08 Å². The van der Waals surface area contributed by atoms with Crippen LogP contribution in [0.1, 0.15) is 27.9 Å². The SMILES string of the molecule is O=C(O)CCNS(=O)(=O)c1ccc(C(=O)/C=C/c2cnn(Cc3ccccc3)c2)cc1. The molecular weight excluding hydrogens is 418 g/mol. The monoisotopic (exact) mass is 439 g/mol. The van der Waals surface area contributed by atoms with Crippen LogP contribution in [0.3, 0.4) is 0 Å². The second-order valence-corrected chi connectivity index (χ2v) is 8.49. The van der Waals surface area contributed by atoms with Crippen molar-refractivity contribution in [2.45, 2.75) is 17.9 Å². The molecule has 0 aliphatic carbocycles. The number of carbonyl (C=O) groups is 2. The van der Waals surface area contributed by atoms with Crippen LogP contribution < -0.4 is 4.72 Å². The molecule has 0 aliphatic rings. The first-order chi connectivity index (χ1) is 14.8. The van der Waals surface area contributed by atoms with Crippen LogP contribution in [0, 0.1) is 0 Å². The largest absolute Gasteiger partial charge is 0.481 e. The number of nitrogens with one attached hydrogen (secondary N) is 1. The Hall–Kier alpha value is -3.56. The van der Waals surface area contributed by atoms with Gasteiger partial charge in [-0.05, 0) is 42.0 Å². The van der Waals surface area contributed by atoms with Crippen molar-refractivity contribution >= 4 is 27.9 Å². The molecular formula is C22H21N3O5S. The van der Waals surface area contributed by atoms with Gasteiger partial charge in [-0.15, -0.1) is 0 Å². The standard InChI is InChI=1S/C22H21N3O5S/c26-21(11-6-18-14-23-25(16-18)15-17-4-2-1-3-5-17)19-7-9-20(10-8-19)31(29,30)24-13-12-22(27)28/h1-11,14,16,24H,12-13,15H2,(H,27,28)/b11-6+. The van der Waals surface area contributed by atoms with Gasteiger partial charge in [0.05, 0.1) is 24.1 Å². The minimum Gasteiger partial charge on any atom is -0.481 e. The molecule has 0 aliphatic heterocycles. The van der Waals surface area contributed by atoms with E-state index in [9.17, 15) is 18.0 Å². The summed E-state index contributed by atoms with van der Waals surface area (Å²) < 4.78 is 28.2. The first-order valence-electron chi connectivity index (χ1n) is 9.44. The normalized spacial score (nSPS) is 11.6. The molecule has 0 amide bonds. The minimum absolute atomic E-state index is 0.0411. The van der Waals surface area contributed by atoms with Gasteiger partial charge in [0.2, 0.25) is 10.0 Å². The van der Waals surface area contributed by atoms with Gasteiger partial charge >= 0.3 is 5.97 Å². The smallest absolute Gasteiger partial charge is 0.304 e. The van der Waals surface area contributed by atoms with Crippen LogP contribution >= 0.6 is 0 Å². The first-order valence-corrected chi connectivity index (χ1v) is 10.9. The molecule has 0 saturated heterocycles. The van der Waals surface area contributed by atoms with Crippen LogP contribution in [-0.2, 0) is 21.4 Å². The van der Waals surface area contributed by atoms with E-state index in [1.807, 2.05) is 36.5 Å². The molecule has 0 spiro atoms. The molecule has 0 radical (unpaired) electrons. The molecule has 1 aromatic heterocycles. The van der Waals surface area contributed by atoms with Crippen LogP contribution in [0.2, 0.25) is 0 Å². The third-order valence-corrected chi connectivity index (χ3v) is 5.82. The zero-order valence-electron chi connectivity index (χ0n) is 16.5. The summed E-state index contributed by atoms with van der Waals surface area (Å²) in [7, 11) is -3.83. The highest BCUT2D eigenvalue weighted by Gasteiger charge is 2.14.